The van der Waals surface area contributed by atoms with Crippen LogP contribution in [0.1, 0.15) is 25.1 Å². The van der Waals surface area contributed by atoms with Crippen LogP contribution in [0.4, 0.5) is 0 Å². The molecule has 0 aromatic carbocycles. The summed E-state index contributed by atoms with van der Waals surface area (Å²) in [7, 11) is 0. The first-order chi connectivity index (χ1) is 9.88. The molecule has 0 radical (unpaired) electrons. The molecule has 2 aromatic rings. The Labute approximate surface area is 119 Å². The van der Waals surface area contributed by atoms with Crippen LogP contribution in [0.25, 0.3) is 11.2 Å². The van der Waals surface area contributed by atoms with Gasteiger partial charge in [0.2, 0.25) is 0 Å². The van der Waals surface area contributed by atoms with E-state index in [2.05, 4.69) is 14.9 Å². The topological polar surface area (TPSA) is 63.0 Å². The molecule has 3 heterocycles. The van der Waals surface area contributed by atoms with Gasteiger partial charge in [0.15, 0.2) is 5.65 Å². The molecule has 1 aliphatic rings. The highest BCUT2D eigenvalue weighted by Crippen LogP contribution is 2.20. The number of rotatable bonds is 5. The lowest BCUT2D eigenvalue weighted by atomic mass is 9.96. The van der Waals surface area contributed by atoms with Crippen molar-refractivity contribution in [2.24, 2.45) is 5.92 Å². The van der Waals surface area contributed by atoms with Gasteiger partial charge in [-0.15, -0.1) is 0 Å². The molecule has 1 saturated heterocycles. The second kappa shape index (κ2) is 6.33. The molecule has 0 spiro atoms. The number of piperidine rings is 1. The van der Waals surface area contributed by atoms with E-state index in [9.17, 15) is 0 Å². The van der Waals surface area contributed by atoms with Gasteiger partial charge in [-0.25, -0.2) is 9.97 Å². The molecule has 2 aromatic heterocycles. The molecule has 0 bridgehead atoms. The van der Waals surface area contributed by atoms with E-state index in [1.54, 1.807) is 0 Å². The van der Waals surface area contributed by atoms with E-state index in [-0.39, 0.29) is 6.61 Å². The summed E-state index contributed by atoms with van der Waals surface area (Å²) < 4.78 is 2.18. The van der Waals surface area contributed by atoms with Gasteiger partial charge in [-0.05, 0) is 50.4 Å². The summed E-state index contributed by atoms with van der Waals surface area (Å²) in [4.78, 5) is 9.20. The minimum Gasteiger partial charge on any atom is -0.396 e. The Balaban J connectivity index is 1.87. The van der Waals surface area contributed by atoms with Crippen LogP contribution in [0.3, 0.4) is 0 Å². The Morgan fingerprint density at radius 1 is 1.45 bits per heavy atom. The van der Waals surface area contributed by atoms with Crippen LogP contribution in [-0.2, 0) is 13.0 Å². The number of imidazole rings is 1. The Morgan fingerprint density at radius 3 is 3.20 bits per heavy atom. The average molecular weight is 274 g/mol. The Morgan fingerprint density at radius 2 is 2.40 bits per heavy atom. The van der Waals surface area contributed by atoms with Crippen molar-refractivity contribution in [3.8, 4) is 0 Å². The molecule has 1 fully saturated rings. The molecule has 0 amide bonds. The molecular formula is C15H22N4O. The summed E-state index contributed by atoms with van der Waals surface area (Å²) in [5.74, 6) is 1.77. The fourth-order valence-electron chi connectivity index (χ4n) is 2.98. The minimum absolute atomic E-state index is 0.205. The van der Waals surface area contributed by atoms with Crippen molar-refractivity contribution in [3.63, 3.8) is 0 Å². The Hall–Kier alpha value is -1.46. The SMILES string of the molecule is OCCCn1c(CC2CCCNC2)nc2cccnc21. The number of nitrogens with zero attached hydrogens (tertiary/aromatic N) is 3. The van der Waals surface area contributed by atoms with E-state index in [1.165, 1.54) is 12.8 Å². The zero-order valence-electron chi connectivity index (χ0n) is 11.8. The van der Waals surface area contributed by atoms with Crippen LogP contribution >= 0.6 is 0 Å². The second-order valence-electron chi connectivity index (χ2n) is 5.52. The van der Waals surface area contributed by atoms with Gasteiger partial charge in [0.1, 0.15) is 11.3 Å². The lowest BCUT2D eigenvalue weighted by Crippen LogP contribution is -2.31. The van der Waals surface area contributed by atoms with Crippen molar-refractivity contribution in [2.45, 2.75) is 32.2 Å². The largest absolute Gasteiger partial charge is 0.396 e. The van der Waals surface area contributed by atoms with E-state index < -0.39 is 0 Å². The molecule has 0 aliphatic carbocycles. The molecule has 1 unspecified atom stereocenters. The number of aliphatic hydroxyl groups is 1. The highest BCUT2D eigenvalue weighted by Gasteiger charge is 2.18. The third kappa shape index (κ3) is 2.83. The van der Waals surface area contributed by atoms with E-state index in [0.29, 0.717) is 5.92 Å². The number of hydrogen-bond acceptors (Lipinski definition) is 4. The summed E-state index contributed by atoms with van der Waals surface area (Å²) in [6.07, 6.45) is 6.07. The maximum Gasteiger partial charge on any atom is 0.159 e. The van der Waals surface area contributed by atoms with E-state index >= 15 is 0 Å². The molecule has 2 N–H and O–H groups in total. The van der Waals surface area contributed by atoms with Crippen molar-refractivity contribution < 1.29 is 5.11 Å². The number of nitrogens with one attached hydrogen (secondary N) is 1. The van der Waals surface area contributed by atoms with Gasteiger partial charge in [0, 0.05) is 25.8 Å². The van der Waals surface area contributed by atoms with Crippen LogP contribution in [0.15, 0.2) is 18.3 Å². The standard InChI is InChI=1S/C15H22N4O/c20-9-3-8-19-14(10-12-4-1-6-16-11-12)18-13-5-2-7-17-15(13)19/h2,5,7,12,16,20H,1,3-4,6,8-11H2. The van der Waals surface area contributed by atoms with Crippen LogP contribution in [0, 0.1) is 5.92 Å². The van der Waals surface area contributed by atoms with Gasteiger partial charge >= 0.3 is 0 Å². The number of aryl methyl sites for hydroxylation is 1. The van der Waals surface area contributed by atoms with Gasteiger partial charge in [-0.2, -0.15) is 0 Å². The van der Waals surface area contributed by atoms with Crippen LogP contribution < -0.4 is 5.32 Å². The fraction of sp³-hybridized carbons (Fsp3) is 0.600. The lowest BCUT2D eigenvalue weighted by molar-refractivity contribution is 0.279. The van der Waals surface area contributed by atoms with Gasteiger partial charge < -0.3 is 15.0 Å². The predicted molar refractivity (Wildman–Crippen MR) is 78.5 cm³/mol. The highest BCUT2D eigenvalue weighted by atomic mass is 16.3. The summed E-state index contributed by atoms with van der Waals surface area (Å²) in [5.41, 5.74) is 1.91. The quantitative estimate of drug-likeness (QED) is 0.864. The third-order valence-electron chi connectivity index (χ3n) is 3.99. The number of aliphatic hydroxyl groups excluding tert-OH is 1. The van der Waals surface area contributed by atoms with E-state index in [1.807, 2.05) is 18.3 Å². The molecule has 5 heteroatoms. The fourth-order valence-corrected chi connectivity index (χ4v) is 2.98. The van der Waals surface area contributed by atoms with Gasteiger partial charge in [0.25, 0.3) is 0 Å². The van der Waals surface area contributed by atoms with Crippen molar-refractivity contribution in [1.82, 2.24) is 19.9 Å². The highest BCUT2D eigenvalue weighted by molar-refractivity contribution is 5.71. The molecular weight excluding hydrogens is 252 g/mol. The molecule has 0 saturated carbocycles. The maximum absolute atomic E-state index is 9.09. The van der Waals surface area contributed by atoms with Gasteiger partial charge in [-0.1, -0.05) is 0 Å². The maximum atomic E-state index is 9.09. The number of aromatic nitrogens is 3. The number of pyridine rings is 1. The average Bonchev–Trinajstić information content (AvgIpc) is 2.83. The first-order valence-electron chi connectivity index (χ1n) is 7.50. The number of fused-ring (bicyclic) bond motifs is 1. The zero-order valence-corrected chi connectivity index (χ0v) is 11.8. The summed E-state index contributed by atoms with van der Waals surface area (Å²) in [6.45, 7) is 3.21. The van der Waals surface area contributed by atoms with E-state index in [0.717, 1.165) is 49.5 Å². The second-order valence-corrected chi connectivity index (χ2v) is 5.52. The van der Waals surface area contributed by atoms with Crippen molar-refractivity contribution in [3.05, 3.63) is 24.2 Å². The Kier molecular flexibility index (Phi) is 4.28. The molecule has 20 heavy (non-hydrogen) atoms. The first-order valence-corrected chi connectivity index (χ1v) is 7.50. The zero-order chi connectivity index (χ0) is 13.8. The third-order valence-corrected chi connectivity index (χ3v) is 3.99. The van der Waals surface area contributed by atoms with Crippen molar-refractivity contribution in [2.75, 3.05) is 19.7 Å². The van der Waals surface area contributed by atoms with E-state index in [4.69, 9.17) is 10.1 Å². The lowest BCUT2D eigenvalue weighted by Gasteiger charge is -2.22. The molecule has 1 aliphatic heterocycles. The monoisotopic (exact) mass is 274 g/mol. The Bertz CT molecular complexity index is 560. The first kappa shape index (κ1) is 13.5. The summed E-state index contributed by atoms with van der Waals surface area (Å²) in [6, 6.07) is 3.94. The molecule has 108 valence electrons. The summed E-state index contributed by atoms with van der Waals surface area (Å²) in [5, 5.41) is 12.5. The van der Waals surface area contributed by atoms with Gasteiger partial charge in [-0.3, -0.25) is 0 Å². The number of hydrogen-bond donors (Lipinski definition) is 2. The summed E-state index contributed by atoms with van der Waals surface area (Å²) >= 11 is 0. The minimum atomic E-state index is 0.205. The smallest absolute Gasteiger partial charge is 0.159 e. The van der Waals surface area contributed by atoms with Crippen LogP contribution in [-0.4, -0.2) is 39.3 Å². The normalized spacial score (nSPS) is 19.6. The predicted octanol–water partition coefficient (Wildman–Crippen LogP) is 1.36. The molecule has 3 rings (SSSR count). The van der Waals surface area contributed by atoms with Crippen LogP contribution in [0.5, 0.6) is 0 Å². The van der Waals surface area contributed by atoms with Crippen molar-refractivity contribution in [1.29, 1.82) is 0 Å². The van der Waals surface area contributed by atoms with Crippen LogP contribution in [0.2, 0.25) is 0 Å². The molecule has 1 atom stereocenters. The molecule has 5 nitrogen and oxygen atoms in total. The van der Waals surface area contributed by atoms with Gasteiger partial charge in [0.05, 0.1) is 0 Å². The van der Waals surface area contributed by atoms with Crippen molar-refractivity contribution >= 4 is 11.2 Å².